The predicted molar refractivity (Wildman–Crippen MR) is 148 cm³/mol. The molecule has 1 N–H and O–H groups in total. The van der Waals surface area contributed by atoms with E-state index in [0.29, 0.717) is 29.6 Å². The number of sulfonamides is 1. The molecule has 2 aromatic carbocycles. The lowest BCUT2D eigenvalue weighted by Crippen LogP contribution is -2.48. The number of rotatable bonds is 15. The highest BCUT2D eigenvalue weighted by molar-refractivity contribution is 7.92. The molecule has 0 aromatic heterocycles. The van der Waals surface area contributed by atoms with Gasteiger partial charge in [0.05, 0.1) is 18.6 Å². The number of para-hydroxylation sites is 2. The second-order valence-electron chi connectivity index (χ2n) is 8.77. The molecule has 37 heavy (non-hydrogen) atoms. The van der Waals surface area contributed by atoms with Crippen molar-refractivity contribution in [1.29, 1.82) is 0 Å². The van der Waals surface area contributed by atoms with Gasteiger partial charge in [0.25, 0.3) is 0 Å². The third-order valence-electron chi connectivity index (χ3n) is 5.88. The molecular formula is C27H38ClN3O5S. The molecule has 0 aliphatic heterocycles. The highest BCUT2D eigenvalue weighted by Crippen LogP contribution is 2.30. The van der Waals surface area contributed by atoms with Crippen LogP contribution in [0.2, 0.25) is 5.02 Å². The number of halogens is 1. The molecule has 0 radical (unpaired) electrons. The van der Waals surface area contributed by atoms with E-state index in [-0.39, 0.29) is 37.7 Å². The van der Waals surface area contributed by atoms with Gasteiger partial charge in [-0.05, 0) is 50.5 Å². The number of nitrogens with zero attached hydrogens (tertiary/aromatic N) is 2. The fourth-order valence-corrected chi connectivity index (χ4v) is 5.02. The van der Waals surface area contributed by atoms with Gasteiger partial charge >= 0.3 is 0 Å². The maximum absolute atomic E-state index is 13.4. The lowest BCUT2D eigenvalue weighted by molar-refractivity contribution is -0.140. The lowest BCUT2D eigenvalue weighted by atomic mass is 10.1. The van der Waals surface area contributed by atoms with E-state index in [4.69, 9.17) is 16.3 Å². The first-order valence-corrected chi connectivity index (χ1v) is 14.8. The molecule has 0 heterocycles. The minimum Gasteiger partial charge on any atom is -0.492 e. The quantitative estimate of drug-likeness (QED) is 0.326. The monoisotopic (exact) mass is 551 g/mol. The number of unbranched alkanes of at least 4 members (excludes halogenated alkanes) is 1. The summed E-state index contributed by atoms with van der Waals surface area (Å²) in [5, 5.41) is 3.39. The third kappa shape index (κ3) is 9.23. The summed E-state index contributed by atoms with van der Waals surface area (Å²) in [6.07, 6.45) is 3.24. The second kappa shape index (κ2) is 14.8. The number of hydrogen-bond acceptors (Lipinski definition) is 5. The fraction of sp³-hybridized carbons (Fsp3) is 0.481. The second-order valence-corrected chi connectivity index (χ2v) is 11.1. The Kier molecular flexibility index (Phi) is 12.2. The maximum atomic E-state index is 13.4. The van der Waals surface area contributed by atoms with Crippen LogP contribution in [0, 0.1) is 0 Å². The van der Waals surface area contributed by atoms with E-state index < -0.39 is 16.1 Å². The summed E-state index contributed by atoms with van der Waals surface area (Å²) in [4.78, 5) is 27.7. The van der Waals surface area contributed by atoms with Crippen LogP contribution in [0.4, 0.5) is 5.69 Å². The van der Waals surface area contributed by atoms with Crippen LogP contribution < -0.4 is 14.4 Å². The van der Waals surface area contributed by atoms with Gasteiger partial charge in [-0.3, -0.25) is 13.9 Å². The molecule has 0 saturated carbocycles. The van der Waals surface area contributed by atoms with Crippen LogP contribution in [0.15, 0.2) is 48.5 Å². The van der Waals surface area contributed by atoms with Crippen LogP contribution in [0.1, 0.15) is 52.0 Å². The summed E-state index contributed by atoms with van der Waals surface area (Å²) in [5.41, 5.74) is 1.16. The van der Waals surface area contributed by atoms with Crippen molar-refractivity contribution in [2.75, 3.05) is 30.3 Å². The molecule has 2 amide bonds. The third-order valence-corrected chi connectivity index (χ3v) is 7.43. The zero-order chi connectivity index (χ0) is 27.4. The number of amides is 2. The molecule has 0 bridgehead atoms. The molecule has 1 atom stereocenters. The van der Waals surface area contributed by atoms with E-state index in [1.54, 1.807) is 43.3 Å². The van der Waals surface area contributed by atoms with E-state index in [2.05, 4.69) is 5.32 Å². The Hall–Kier alpha value is -2.78. The molecule has 2 aromatic rings. The summed E-state index contributed by atoms with van der Waals surface area (Å²) in [6.45, 7) is 6.74. The van der Waals surface area contributed by atoms with Crippen molar-refractivity contribution < 1.29 is 22.7 Å². The van der Waals surface area contributed by atoms with Gasteiger partial charge in [-0.1, -0.05) is 55.3 Å². The summed E-state index contributed by atoms with van der Waals surface area (Å²) in [5.74, 6) is -0.0404. The van der Waals surface area contributed by atoms with E-state index >= 15 is 0 Å². The highest BCUT2D eigenvalue weighted by atomic mass is 35.5. The molecule has 1 unspecified atom stereocenters. The Morgan fingerprint density at radius 3 is 2.38 bits per heavy atom. The number of anilines is 1. The van der Waals surface area contributed by atoms with Crippen molar-refractivity contribution in [3.8, 4) is 5.75 Å². The molecular weight excluding hydrogens is 514 g/mol. The molecule has 2 rings (SSSR count). The van der Waals surface area contributed by atoms with Gasteiger partial charge in [0.15, 0.2) is 0 Å². The Labute approximate surface area is 226 Å². The van der Waals surface area contributed by atoms with Crippen molar-refractivity contribution in [3.05, 3.63) is 59.1 Å². The molecule has 204 valence electrons. The topological polar surface area (TPSA) is 96.0 Å². The molecule has 0 fully saturated rings. The lowest BCUT2D eigenvalue weighted by Gasteiger charge is -2.30. The van der Waals surface area contributed by atoms with Gasteiger partial charge in [0.1, 0.15) is 11.8 Å². The first-order valence-electron chi connectivity index (χ1n) is 12.6. The van der Waals surface area contributed by atoms with Gasteiger partial charge in [-0.15, -0.1) is 0 Å². The maximum Gasteiger partial charge on any atom is 0.242 e. The van der Waals surface area contributed by atoms with Crippen molar-refractivity contribution >= 4 is 39.1 Å². The molecule has 0 aliphatic rings. The van der Waals surface area contributed by atoms with E-state index in [1.165, 1.54) is 9.21 Å². The first kappa shape index (κ1) is 30.4. The summed E-state index contributed by atoms with van der Waals surface area (Å²) in [7, 11) is -3.63. The summed E-state index contributed by atoms with van der Waals surface area (Å²) < 4.78 is 32.1. The fourth-order valence-electron chi connectivity index (χ4n) is 3.85. The minimum absolute atomic E-state index is 0.0554. The van der Waals surface area contributed by atoms with Crippen molar-refractivity contribution in [3.63, 3.8) is 0 Å². The van der Waals surface area contributed by atoms with E-state index in [1.807, 2.05) is 26.0 Å². The summed E-state index contributed by atoms with van der Waals surface area (Å²) in [6, 6.07) is 13.4. The van der Waals surface area contributed by atoms with Crippen LogP contribution in [-0.2, 0) is 26.2 Å². The minimum atomic E-state index is -3.63. The zero-order valence-corrected chi connectivity index (χ0v) is 23.6. The van der Waals surface area contributed by atoms with Crippen LogP contribution in [0.5, 0.6) is 5.75 Å². The van der Waals surface area contributed by atoms with Crippen LogP contribution in [-0.4, -0.2) is 57.1 Å². The van der Waals surface area contributed by atoms with Crippen molar-refractivity contribution in [1.82, 2.24) is 10.2 Å². The van der Waals surface area contributed by atoms with Crippen LogP contribution >= 0.6 is 11.6 Å². The van der Waals surface area contributed by atoms with Gasteiger partial charge in [0.2, 0.25) is 21.8 Å². The zero-order valence-electron chi connectivity index (χ0n) is 22.1. The Bertz CT molecular complexity index is 1140. The smallest absolute Gasteiger partial charge is 0.242 e. The number of carbonyl (C=O) groups excluding carboxylic acids is 2. The van der Waals surface area contributed by atoms with E-state index in [9.17, 15) is 18.0 Å². The first-order chi connectivity index (χ1) is 17.6. The number of carbonyl (C=O) groups is 2. The van der Waals surface area contributed by atoms with Crippen LogP contribution in [0.25, 0.3) is 0 Å². The van der Waals surface area contributed by atoms with Gasteiger partial charge < -0.3 is 15.0 Å². The molecule has 0 spiro atoms. The normalized spacial score (nSPS) is 12.0. The number of benzene rings is 2. The van der Waals surface area contributed by atoms with Gasteiger partial charge in [0, 0.05) is 31.1 Å². The summed E-state index contributed by atoms with van der Waals surface area (Å²) >= 11 is 6.34. The predicted octanol–water partition coefficient (Wildman–Crippen LogP) is 4.62. The molecule has 8 nitrogen and oxygen atoms in total. The van der Waals surface area contributed by atoms with Crippen LogP contribution in [0.3, 0.4) is 0 Å². The molecule has 0 saturated heterocycles. The average molecular weight is 552 g/mol. The highest BCUT2D eigenvalue weighted by Gasteiger charge is 2.27. The molecule has 10 heteroatoms. The Morgan fingerprint density at radius 2 is 1.73 bits per heavy atom. The number of ether oxygens (including phenoxy) is 1. The number of nitrogens with one attached hydrogen (secondary N) is 1. The average Bonchev–Trinajstić information content (AvgIpc) is 2.85. The Morgan fingerprint density at radius 1 is 1.05 bits per heavy atom. The Balaban J connectivity index is 2.19. The largest absolute Gasteiger partial charge is 0.492 e. The standard InChI is InChI=1S/C27H38ClN3O5S/c1-5-7-18-29-27(33)21(3)30(20-22-13-8-9-14-23(22)28)26(32)17-12-19-31(37(4,34)35)24-15-10-11-16-25(24)36-6-2/h8-11,13-16,21H,5-7,12,17-20H2,1-4H3,(H,29,33). The SMILES string of the molecule is CCCCNC(=O)C(C)N(Cc1ccccc1Cl)C(=O)CCCN(c1ccccc1OCC)S(C)(=O)=O. The van der Waals surface area contributed by atoms with Gasteiger partial charge in [-0.25, -0.2) is 8.42 Å². The molecule has 0 aliphatic carbocycles. The van der Waals surface area contributed by atoms with Gasteiger partial charge in [-0.2, -0.15) is 0 Å². The number of hydrogen-bond donors (Lipinski definition) is 1. The van der Waals surface area contributed by atoms with E-state index in [0.717, 1.165) is 24.7 Å². The van der Waals surface area contributed by atoms with Crippen molar-refractivity contribution in [2.45, 2.75) is 59.0 Å². The van der Waals surface area contributed by atoms with Crippen molar-refractivity contribution in [2.24, 2.45) is 0 Å².